The van der Waals surface area contributed by atoms with Gasteiger partial charge in [-0.25, -0.2) is 0 Å². The zero-order valence-electron chi connectivity index (χ0n) is 11.8. The minimum absolute atomic E-state index is 0.194. The Morgan fingerprint density at radius 2 is 1.56 bits per heavy atom. The summed E-state index contributed by atoms with van der Waals surface area (Å²) in [5.74, 6) is 1.46. The van der Waals surface area contributed by atoms with Gasteiger partial charge in [-0.15, -0.1) is 0 Å². The van der Waals surface area contributed by atoms with Crippen LogP contribution in [0.5, 0.6) is 11.5 Å². The van der Waals surface area contributed by atoms with Crippen LogP contribution in [-0.2, 0) is 4.74 Å². The molecule has 0 bridgehead atoms. The molecule has 102 valence electrons. The molecule has 0 saturated heterocycles. The van der Waals surface area contributed by atoms with E-state index in [9.17, 15) is 0 Å². The van der Waals surface area contributed by atoms with Crippen LogP contribution in [0.4, 0.5) is 0 Å². The lowest BCUT2D eigenvalue weighted by molar-refractivity contribution is -0.0102. The summed E-state index contributed by atoms with van der Waals surface area (Å²) in [5.41, 5.74) is 6.86. The van der Waals surface area contributed by atoms with Crippen LogP contribution in [0.3, 0.4) is 0 Å². The van der Waals surface area contributed by atoms with Gasteiger partial charge in [0.1, 0.15) is 11.5 Å². The molecule has 0 aliphatic rings. The van der Waals surface area contributed by atoms with Crippen molar-refractivity contribution in [2.75, 3.05) is 20.8 Å². The molecule has 0 fully saturated rings. The van der Waals surface area contributed by atoms with Crippen molar-refractivity contribution in [1.82, 2.24) is 0 Å². The largest absolute Gasteiger partial charge is 0.497 e. The Morgan fingerprint density at radius 3 is 1.94 bits per heavy atom. The van der Waals surface area contributed by atoms with Crippen LogP contribution in [0.2, 0.25) is 0 Å². The zero-order valence-corrected chi connectivity index (χ0v) is 11.8. The van der Waals surface area contributed by atoms with Crippen molar-refractivity contribution in [3.05, 3.63) is 23.8 Å². The summed E-state index contributed by atoms with van der Waals surface area (Å²) in [6.07, 6.45) is 0. The van der Waals surface area contributed by atoms with Crippen LogP contribution in [0, 0.1) is 0 Å². The Morgan fingerprint density at radius 1 is 1.06 bits per heavy atom. The number of rotatable bonds is 5. The first kappa shape index (κ1) is 14.8. The molecular formula is C14H23NO3. The molecule has 4 heteroatoms. The monoisotopic (exact) mass is 253 g/mol. The van der Waals surface area contributed by atoms with Gasteiger partial charge in [0.25, 0.3) is 0 Å². The Kier molecular flexibility index (Phi) is 4.99. The Labute approximate surface area is 109 Å². The molecule has 0 aliphatic heterocycles. The average Bonchev–Trinajstić information content (AvgIpc) is 2.34. The smallest absolute Gasteiger partial charge is 0.122 e. The second-order valence-corrected chi connectivity index (χ2v) is 5.18. The van der Waals surface area contributed by atoms with Gasteiger partial charge >= 0.3 is 0 Å². The summed E-state index contributed by atoms with van der Waals surface area (Å²) in [6, 6.07) is 5.42. The Balaban J connectivity index is 2.81. The molecule has 2 N–H and O–H groups in total. The van der Waals surface area contributed by atoms with Crippen LogP contribution in [0.25, 0.3) is 0 Å². The van der Waals surface area contributed by atoms with Gasteiger partial charge in [-0.1, -0.05) is 0 Å². The van der Waals surface area contributed by atoms with Gasteiger partial charge in [0.2, 0.25) is 0 Å². The molecule has 0 spiro atoms. The zero-order chi connectivity index (χ0) is 13.8. The SMILES string of the molecule is COc1cc(OC)cc(C(N)COC(C)(C)C)c1. The van der Waals surface area contributed by atoms with E-state index in [0.717, 1.165) is 17.1 Å². The van der Waals surface area contributed by atoms with Crippen molar-refractivity contribution in [2.45, 2.75) is 32.4 Å². The van der Waals surface area contributed by atoms with E-state index in [2.05, 4.69) is 0 Å². The highest BCUT2D eigenvalue weighted by Gasteiger charge is 2.15. The standard InChI is InChI=1S/C14H23NO3/c1-14(2,3)18-9-13(15)10-6-11(16-4)8-12(7-10)17-5/h6-8,13H,9,15H2,1-5H3. The highest BCUT2D eigenvalue weighted by atomic mass is 16.5. The highest BCUT2D eigenvalue weighted by Crippen LogP contribution is 2.26. The number of ether oxygens (including phenoxy) is 3. The maximum Gasteiger partial charge on any atom is 0.122 e. The van der Waals surface area contributed by atoms with Crippen LogP contribution >= 0.6 is 0 Å². The van der Waals surface area contributed by atoms with Crippen molar-refractivity contribution in [1.29, 1.82) is 0 Å². The lowest BCUT2D eigenvalue weighted by Crippen LogP contribution is -2.26. The summed E-state index contributed by atoms with van der Waals surface area (Å²) >= 11 is 0. The number of hydrogen-bond acceptors (Lipinski definition) is 4. The van der Waals surface area contributed by atoms with Gasteiger partial charge in [-0.05, 0) is 38.5 Å². The average molecular weight is 253 g/mol. The molecule has 1 aromatic rings. The fourth-order valence-corrected chi connectivity index (χ4v) is 1.48. The number of nitrogens with two attached hydrogens (primary N) is 1. The molecule has 0 aromatic heterocycles. The first-order valence-corrected chi connectivity index (χ1v) is 5.98. The van der Waals surface area contributed by atoms with E-state index in [1.54, 1.807) is 14.2 Å². The molecule has 18 heavy (non-hydrogen) atoms. The third kappa shape index (κ3) is 4.55. The van der Waals surface area contributed by atoms with Crippen LogP contribution < -0.4 is 15.2 Å². The van der Waals surface area contributed by atoms with Crippen molar-refractivity contribution in [2.24, 2.45) is 5.73 Å². The van der Waals surface area contributed by atoms with E-state index < -0.39 is 0 Å². The molecule has 1 atom stereocenters. The molecule has 1 aromatic carbocycles. The van der Waals surface area contributed by atoms with Gasteiger partial charge < -0.3 is 19.9 Å². The topological polar surface area (TPSA) is 53.7 Å². The summed E-state index contributed by atoms with van der Waals surface area (Å²) in [4.78, 5) is 0. The third-order valence-corrected chi connectivity index (χ3v) is 2.50. The maximum absolute atomic E-state index is 6.11. The van der Waals surface area contributed by atoms with Crippen molar-refractivity contribution >= 4 is 0 Å². The Hall–Kier alpha value is -1.26. The molecule has 0 aliphatic carbocycles. The van der Waals surface area contributed by atoms with Gasteiger partial charge in [-0.2, -0.15) is 0 Å². The fourth-order valence-electron chi connectivity index (χ4n) is 1.48. The number of methoxy groups -OCH3 is 2. The van der Waals surface area contributed by atoms with Gasteiger partial charge in [0.05, 0.1) is 32.5 Å². The second kappa shape index (κ2) is 6.07. The first-order chi connectivity index (χ1) is 8.35. The predicted molar refractivity (Wildman–Crippen MR) is 72.2 cm³/mol. The van der Waals surface area contributed by atoms with E-state index >= 15 is 0 Å². The fraction of sp³-hybridized carbons (Fsp3) is 0.571. The van der Waals surface area contributed by atoms with Crippen LogP contribution in [0.1, 0.15) is 32.4 Å². The van der Waals surface area contributed by atoms with E-state index in [1.165, 1.54) is 0 Å². The molecule has 0 saturated carbocycles. The van der Waals surface area contributed by atoms with E-state index in [-0.39, 0.29) is 11.6 Å². The van der Waals surface area contributed by atoms with Crippen molar-refractivity contribution in [3.63, 3.8) is 0 Å². The number of benzene rings is 1. The van der Waals surface area contributed by atoms with Gasteiger partial charge in [0, 0.05) is 6.07 Å². The van der Waals surface area contributed by atoms with Crippen LogP contribution in [-0.4, -0.2) is 26.4 Å². The molecule has 1 rings (SSSR count). The lowest BCUT2D eigenvalue weighted by atomic mass is 10.1. The lowest BCUT2D eigenvalue weighted by Gasteiger charge is -2.23. The van der Waals surface area contributed by atoms with Crippen LogP contribution in [0.15, 0.2) is 18.2 Å². The molecule has 0 amide bonds. The van der Waals surface area contributed by atoms with Crippen molar-refractivity contribution < 1.29 is 14.2 Å². The first-order valence-electron chi connectivity index (χ1n) is 5.98. The highest BCUT2D eigenvalue weighted by molar-refractivity contribution is 5.39. The predicted octanol–water partition coefficient (Wildman–Crippen LogP) is 2.52. The summed E-state index contributed by atoms with van der Waals surface area (Å²) in [7, 11) is 3.24. The number of hydrogen-bond donors (Lipinski definition) is 1. The van der Waals surface area contributed by atoms with Gasteiger partial charge in [0.15, 0.2) is 0 Å². The maximum atomic E-state index is 6.11. The third-order valence-electron chi connectivity index (χ3n) is 2.50. The summed E-state index contributed by atoms with van der Waals surface area (Å²) in [6.45, 7) is 6.48. The van der Waals surface area contributed by atoms with E-state index in [1.807, 2.05) is 39.0 Å². The Bertz CT molecular complexity index is 363. The second-order valence-electron chi connectivity index (χ2n) is 5.18. The molecule has 0 heterocycles. The molecule has 0 radical (unpaired) electrons. The molecule has 1 unspecified atom stereocenters. The normalized spacial score (nSPS) is 13.2. The molecular weight excluding hydrogens is 230 g/mol. The summed E-state index contributed by atoms with van der Waals surface area (Å²) in [5, 5.41) is 0. The van der Waals surface area contributed by atoms with Crippen molar-refractivity contribution in [3.8, 4) is 11.5 Å². The summed E-state index contributed by atoms with van der Waals surface area (Å²) < 4.78 is 16.1. The van der Waals surface area contributed by atoms with Gasteiger partial charge in [-0.3, -0.25) is 0 Å². The quantitative estimate of drug-likeness (QED) is 0.876. The van der Waals surface area contributed by atoms with E-state index in [4.69, 9.17) is 19.9 Å². The minimum atomic E-state index is -0.201. The van der Waals surface area contributed by atoms with E-state index in [0.29, 0.717) is 6.61 Å². The molecule has 4 nitrogen and oxygen atoms in total. The minimum Gasteiger partial charge on any atom is -0.497 e.